The van der Waals surface area contributed by atoms with Gasteiger partial charge in [0.2, 0.25) is 0 Å². The van der Waals surface area contributed by atoms with Gasteiger partial charge < -0.3 is 8.75 Å². The predicted molar refractivity (Wildman–Crippen MR) is 112 cm³/mol. The molecule has 156 valence electrons. The second kappa shape index (κ2) is 9.43. The van der Waals surface area contributed by atoms with Crippen molar-refractivity contribution in [2.45, 2.75) is 37.8 Å². The highest BCUT2D eigenvalue weighted by Gasteiger charge is 2.31. The SMILES string of the molecule is CC(C)c1nc(CCN=[N+]=[N-])n(Cc2ccncc2)c1S(=O)(=O)Oc1ccccc1. The Hall–Kier alpha value is -3.36. The number of rotatable bonds is 9. The van der Waals surface area contributed by atoms with E-state index < -0.39 is 10.1 Å². The molecule has 30 heavy (non-hydrogen) atoms. The van der Waals surface area contributed by atoms with Gasteiger partial charge in [0.15, 0.2) is 5.03 Å². The number of nitrogens with zero attached hydrogens (tertiary/aromatic N) is 6. The summed E-state index contributed by atoms with van der Waals surface area (Å²) in [6, 6.07) is 12.0. The molecule has 2 heterocycles. The van der Waals surface area contributed by atoms with E-state index in [0.29, 0.717) is 17.9 Å². The van der Waals surface area contributed by atoms with Gasteiger partial charge in [-0.3, -0.25) is 4.98 Å². The zero-order valence-corrected chi connectivity index (χ0v) is 17.5. The van der Waals surface area contributed by atoms with Crippen LogP contribution in [0, 0.1) is 0 Å². The number of hydrogen-bond acceptors (Lipinski definition) is 6. The molecule has 0 saturated carbocycles. The van der Waals surface area contributed by atoms with Crippen molar-refractivity contribution in [2.75, 3.05) is 6.54 Å². The van der Waals surface area contributed by atoms with E-state index in [1.165, 1.54) is 0 Å². The zero-order valence-electron chi connectivity index (χ0n) is 16.7. The minimum atomic E-state index is -4.17. The summed E-state index contributed by atoms with van der Waals surface area (Å²) in [5, 5.41) is 3.57. The Kier molecular flexibility index (Phi) is 6.71. The number of benzene rings is 1. The highest BCUT2D eigenvalue weighted by molar-refractivity contribution is 7.87. The molecule has 10 heteroatoms. The normalized spacial score (nSPS) is 11.3. The molecule has 2 aromatic heterocycles. The molecule has 0 aliphatic rings. The van der Waals surface area contributed by atoms with Crippen LogP contribution in [-0.4, -0.2) is 29.5 Å². The molecule has 0 atom stereocenters. The van der Waals surface area contributed by atoms with Gasteiger partial charge in [-0.2, -0.15) is 8.42 Å². The Morgan fingerprint density at radius 2 is 1.87 bits per heavy atom. The van der Waals surface area contributed by atoms with Crippen LogP contribution in [0.2, 0.25) is 0 Å². The molecule has 0 N–H and O–H groups in total. The van der Waals surface area contributed by atoms with E-state index in [0.717, 1.165) is 5.56 Å². The fourth-order valence-electron chi connectivity index (χ4n) is 3.00. The minimum absolute atomic E-state index is 0.00843. The molecule has 0 fully saturated rings. The number of para-hydroxylation sites is 1. The first-order chi connectivity index (χ1) is 14.4. The van der Waals surface area contributed by atoms with Crippen LogP contribution < -0.4 is 4.18 Å². The van der Waals surface area contributed by atoms with Gasteiger partial charge >= 0.3 is 10.1 Å². The highest BCUT2D eigenvalue weighted by Crippen LogP contribution is 2.29. The van der Waals surface area contributed by atoms with Crippen LogP contribution in [0.3, 0.4) is 0 Å². The van der Waals surface area contributed by atoms with E-state index in [-0.39, 0.29) is 29.8 Å². The van der Waals surface area contributed by atoms with Gasteiger partial charge in [-0.1, -0.05) is 37.2 Å². The number of azide groups is 1. The number of hydrogen-bond donors (Lipinski definition) is 0. The van der Waals surface area contributed by atoms with Gasteiger partial charge in [0.05, 0.1) is 12.2 Å². The third-order valence-electron chi connectivity index (χ3n) is 4.35. The van der Waals surface area contributed by atoms with Crippen molar-refractivity contribution in [1.82, 2.24) is 14.5 Å². The molecule has 0 spiro atoms. The minimum Gasteiger partial charge on any atom is -0.378 e. The topological polar surface area (TPSA) is 123 Å². The first-order valence-corrected chi connectivity index (χ1v) is 10.8. The van der Waals surface area contributed by atoms with E-state index in [1.54, 1.807) is 59.4 Å². The van der Waals surface area contributed by atoms with Crippen LogP contribution in [-0.2, 0) is 23.1 Å². The molecule has 0 amide bonds. The summed E-state index contributed by atoms with van der Waals surface area (Å²) in [6.07, 6.45) is 3.59. The molecule has 9 nitrogen and oxygen atoms in total. The van der Waals surface area contributed by atoms with Crippen molar-refractivity contribution in [3.8, 4) is 5.75 Å². The van der Waals surface area contributed by atoms with Crippen molar-refractivity contribution in [3.05, 3.63) is 82.4 Å². The van der Waals surface area contributed by atoms with Crippen LogP contribution in [0.4, 0.5) is 0 Å². The first-order valence-electron chi connectivity index (χ1n) is 9.41. The lowest BCUT2D eigenvalue weighted by Crippen LogP contribution is -2.19. The molecule has 1 aromatic carbocycles. The van der Waals surface area contributed by atoms with Gasteiger partial charge in [-0.15, -0.1) is 0 Å². The van der Waals surface area contributed by atoms with E-state index in [9.17, 15) is 8.42 Å². The fourth-order valence-corrected chi connectivity index (χ4v) is 4.42. The third kappa shape index (κ3) is 4.97. The molecular formula is C20H22N6O3S. The summed E-state index contributed by atoms with van der Waals surface area (Å²) in [6.45, 7) is 4.18. The molecule has 0 aliphatic carbocycles. The molecule has 3 rings (SSSR count). The summed E-state index contributed by atoms with van der Waals surface area (Å²) in [7, 11) is -4.17. The van der Waals surface area contributed by atoms with Crippen molar-refractivity contribution < 1.29 is 12.6 Å². The summed E-state index contributed by atoms with van der Waals surface area (Å²) < 4.78 is 33.6. The fraction of sp³-hybridized carbons (Fsp3) is 0.300. The van der Waals surface area contributed by atoms with Gasteiger partial charge in [0.1, 0.15) is 11.6 Å². The van der Waals surface area contributed by atoms with Gasteiger partial charge in [-0.05, 0) is 41.3 Å². The smallest absolute Gasteiger partial charge is 0.357 e. The largest absolute Gasteiger partial charge is 0.378 e. The van der Waals surface area contributed by atoms with E-state index in [2.05, 4.69) is 20.0 Å². The maximum Gasteiger partial charge on any atom is 0.357 e. The van der Waals surface area contributed by atoms with Gasteiger partial charge in [0.25, 0.3) is 0 Å². The highest BCUT2D eigenvalue weighted by atomic mass is 32.2. The zero-order chi connectivity index (χ0) is 21.6. The number of imidazole rings is 1. The van der Waals surface area contributed by atoms with Crippen molar-refractivity contribution in [1.29, 1.82) is 0 Å². The molecule has 3 aromatic rings. The lowest BCUT2D eigenvalue weighted by Gasteiger charge is -2.14. The average Bonchev–Trinajstić information content (AvgIpc) is 3.09. The predicted octanol–water partition coefficient (Wildman–Crippen LogP) is 4.07. The Labute approximate surface area is 175 Å². The van der Waals surface area contributed by atoms with Crippen LogP contribution in [0.25, 0.3) is 10.4 Å². The van der Waals surface area contributed by atoms with Gasteiger partial charge in [0, 0.05) is 30.3 Å². The van der Waals surface area contributed by atoms with Crippen molar-refractivity contribution in [3.63, 3.8) is 0 Å². The third-order valence-corrected chi connectivity index (χ3v) is 5.66. The first kappa shape index (κ1) is 21.4. The maximum absolute atomic E-state index is 13.3. The molecule has 0 radical (unpaired) electrons. The van der Waals surface area contributed by atoms with Crippen LogP contribution in [0.15, 0.2) is 65.0 Å². The molecular weight excluding hydrogens is 404 g/mol. The van der Waals surface area contributed by atoms with Crippen LogP contribution >= 0.6 is 0 Å². The Morgan fingerprint density at radius 3 is 2.50 bits per heavy atom. The van der Waals surface area contributed by atoms with Crippen LogP contribution in [0.1, 0.15) is 36.8 Å². The Bertz CT molecular complexity index is 1140. The molecule has 0 aliphatic heterocycles. The summed E-state index contributed by atoms with van der Waals surface area (Å²) in [5.41, 5.74) is 9.87. The summed E-state index contributed by atoms with van der Waals surface area (Å²) in [5.74, 6) is 0.573. The van der Waals surface area contributed by atoms with Gasteiger partial charge in [-0.25, -0.2) is 4.98 Å². The standard InChI is InChI=1S/C20H22N6O3S/c1-15(2)19-20(30(27,28)29-17-6-4-3-5-7-17)26(14-16-8-11-22-12-9-16)18(24-19)10-13-23-25-21/h3-9,11-12,15H,10,13-14H2,1-2H3. The Balaban J connectivity index is 2.13. The molecule has 0 saturated heterocycles. The summed E-state index contributed by atoms with van der Waals surface area (Å²) in [4.78, 5) is 11.4. The monoisotopic (exact) mass is 426 g/mol. The van der Waals surface area contributed by atoms with Crippen LogP contribution in [0.5, 0.6) is 5.75 Å². The number of pyridine rings is 1. The van der Waals surface area contributed by atoms with Crippen molar-refractivity contribution >= 4 is 10.1 Å². The summed E-state index contributed by atoms with van der Waals surface area (Å²) >= 11 is 0. The lowest BCUT2D eigenvalue weighted by molar-refractivity contribution is 0.471. The quantitative estimate of drug-likeness (QED) is 0.221. The molecule has 0 bridgehead atoms. The average molecular weight is 427 g/mol. The maximum atomic E-state index is 13.3. The number of aromatic nitrogens is 3. The second-order valence-corrected chi connectivity index (χ2v) is 8.33. The lowest BCUT2D eigenvalue weighted by atomic mass is 10.1. The van der Waals surface area contributed by atoms with Crippen molar-refractivity contribution in [2.24, 2.45) is 5.11 Å². The second-order valence-electron chi connectivity index (χ2n) is 6.87. The van der Waals surface area contributed by atoms with E-state index in [4.69, 9.17) is 9.71 Å². The van der Waals surface area contributed by atoms with E-state index in [1.807, 2.05) is 13.8 Å². The van der Waals surface area contributed by atoms with E-state index >= 15 is 0 Å². The Morgan fingerprint density at radius 1 is 1.17 bits per heavy atom. The molecule has 0 unspecified atom stereocenters.